The van der Waals surface area contributed by atoms with Crippen LogP contribution < -0.4 is 5.19 Å². The van der Waals surface area contributed by atoms with Gasteiger partial charge < -0.3 is 9.97 Å². The Balaban J connectivity index is 0.000000207. The van der Waals surface area contributed by atoms with Crippen LogP contribution in [0.4, 0.5) is 0 Å². The molecular formula is C51H48IrN2O3SSi-2. The van der Waals surface area contributed by atoms with Crippen LogP contribution in [0.2, 0.25) is 19.6 Å². The molecule has 0 atom stereocenters. The van der Waals surface area contributed by atoms with Gasteiger partial charge in [-0.2, -0.15) is 16.6 Å². The summed E-state index contributed by atoms with van der Waals surface area (Å²) in [7, 11) is -1.73. The Morgan fingerprint density at radius 2 is 1.53 bits per heavy atom. The molecule has 59 heavy (non-hydrogen) atoms. The van der Waals surface area contributed by atoms with Gasteiger partial charge in [-0.15, -0.1) is 59.2 Å². The normalized spacial score (nSPS) is 12.5. The van der Waals surface area contributed by atoms with Crippen molar-refractivity contribution in [2.24, 2.45) is 5.92 Å². The second kappa shape index (κ2) is 18.9. The first-order valence-electron chi connectivity index (χ1n) is 20.8. The minimum atomic E-state index is -1.73. The predicted molar refractivity (Wildman–Crippen MR) is 244 cm³/mol. The second-order valence-corrected chi connectivity index (χ2v) is 21.8. The summed E-state index contributed by atoms with van der Waals surface area (Å²) in [5.74, 6) is -1.61. The van der Waals surface area contributed by atoms with E-state index in [0.29, 0.717) is 0 Å². The Bertz CT molecular complexity index is 2850. The van der Waals surface area contributed by atoms with Crippen LogP contribution >= 0.6 is 11.3 Å². The molecule has 0 aliphatic rings. The number of rotatable bonds is 9. The monoisotopic (exact) mass is 992 g/mol. The van der Waals surface area contributed by atoms with Gasteiger partial charge in [0.2, 0.25) is 0 Å². The average molecular weight is 992 g/mol. The standard InChI is InChI=1S/C27H20NO3S.C24H28NSi.Ir/c1-16(2)19-13-14-28-24(15-19)23-8-4-7-22-21-6-3-5-20(25(21)32-26(22)23)17-9-11-18(12-10-17)27(29)31-30;1-18(2)14-22-16-23(25-17-24(22)26(3,4)5)21-13-9-12-20(15-21)19-10-7-6-8-11-19;/h3-7,9-16,30H,1-2H3;6-12,15-18H,14H2,1-5H3;/q2*-1;/i16D;14D2;. The molecule has 5 aromatic carbocycles. The summed E-state index contributed by atoms with van der Waals surface area (Å²) in [5.41, 5.74) is 9.64. The van der Waals surface area contributed by atoms with E-state index in [1.54, 1.807) is 29.7 Å². The summed E-state index contributed by atoms with van der Waals surface area (Å²) >= 11 is 1.68. The van der Waals surface area contributed by atoms with Crippen LogP contribution in [0, 0.1) is 18.1 Å². The molecule has 0 unspecified atom stereocenters. The van der Waals surface area contributed by atoms with Crippen molar-refractivity contribution in [3.63, 3.8) is 0 Å². The number of carbonyl (C=O) groups is 1. The molecule has 301 valence electrons. The van der Waals surface area contributed by atoms with Crippen molar-refractivity contribution in [3.05, 3.63) is 163 Å². The predicted octanol–water partition coefficient (Wildman–Crippen LogP) is 13.3. The third-order valence-electron chi connectivity index (χ3n) is 9.91. The molecule has 5 nitrogen and oxygen atoms in total. The molecule has 0 saturated carbocycles. The number of benzene rings is 5. The Kier molecular flexibility index (Phi) is 12.6. The third kappa shape index (κ3) is 9.87. The Morgan fingerprint density at radius 1 is 0.797 bits per heavy atom. The van der Waals surface area contributed by atoms with Crippen LogP contribution in [-0.2, 0) is 31.4 Å². The van der Waals surface area contributed by atoms with E-state index in [1.807, 2.05) is 107 Å². The number of thiophene rings is 1. The number of fused-ring (bicyclic) bond motifs is 3. The van der Waals surface area contributed by atoms with E-state index in [2.05, 4.69) is 78.0 Å². The molecule has 3 heterocycles. The van der Waals surface area contributed by atoms with Crippen molar-refractivity contribution in [3.8, 4) is 44.8 Å². The van der Waals surface area contributed by atoms with Crippen LogP contribution in [0.1, 0.15) is 59.2 Å². The number of nitrogens with zero attached hydrogens (tertiary/aromatic N) is 2. The van der Waals surface area contributed by atoms with Crippen molar-refractivity contribution in [1.82, 2.24) is 9.97 Å². The quantitative estimate of drug-likeness (QED) is 0.0675. The molecule has 0 fully saturated rings. The SMILES string of the molecule is [2H]C(C)(C)c1ccnc(-c2[c-]ccc3c2sc2c(-c4ccc(C(=O)OO)cc4)cccc23)c1.[2H]C([2H])(c1cc(-c2[c-]ccc(-c3ccccc3)c2)ncc1[Si](C)(C)C)C(C)C.[Ir]. The van der Waals surface area contributed by atoms with E-state index < -0.39 is 26.3 Å². The van der Waals surface area contributed by atoms with E-state index in [-0.39, 0.29) is 31.6 Å². The van der Waals surface area contributed by atoms with Crippen LogP contribution in [0.3, 0.4) is 0 Å². The zero-order chi connectivity index (χ0) is 43.7. The van der Waals surface area contributed by atoms with Gasteiger partial charge in [-0.1, -0.05) is 137 Å². The van der Waals surface area contributed by atoms with E-state index in [9.17, 15) is 4.79 Å². The van der Waals surface area contributed by atoms with Gasteiger partial charge in [-0.25, -0.2) is 4.79 Å². The maximum Gasteiger partial charge on any atom is 0.372 e. The summed E-state index contributed by atoms with van der Waals surface area (Å²) in [5, 5.41) is 12.0. The number of hydrogen-bond donors (Lipinski definition) is 1. The van der Waals surface area contributed by atoms with Crippen molar-refractivity contribution in [2.75, 3.05) is 0 Å². The molecule has 0 spiro atoms. The molecule has 0 aliphatic heterocycles. The second-order valence-electron chi connectivity index (χ2n) is 15.8. The van der Waals surface area contributed by atoms with Crippen LogP contribution in [-0.4, -0.2) is 29.3 Å². The van der Waals surface area contributed by atoms with Gasteiger partial charge in [0.05, 0.1) is 13.6 Å². The first kappa shape index (κ1) is 39.4. The van der Waals surface area contributed by atoms with Crippen molar-refractivity contribution >= 4 is 50.7 Å². The van der Waals surface area contributed by atoms with Gasteiger partial charge in [-0.3, -0.25) is 4.89 Å². The number of aromatic nitrogens is 2. The fourth-order valence-electron chi connectivity index (χ4n) is 6.95. The first-order chi connectivity index (χ1) is 29.0. The molecule has 8 heteroatoms. The summed E-state index contributed by atoms with van der Waals surface area (Å²) in [6.45, 7) is 14.3. The molecule has 0 saturated heterocycles. The van der Waals surface area contributed by atoms with Gasteiger partial charge in [0.1, 0.15) is 0 Å². The fraction of sp³-hybridized carbons (Fsp3) is 0.196. The minimum absolute atomic E-state index is 0. The molecule has 8 aromatic rings. The van der Waals surface area contributed by atoms with Crippen molar-refractivity contribution in [2.45, 2.75) is 59.6 Å². The topological polar surface area (TPSA) is 72.3 Å². The minimum Gasteiger partial charge on any atom is -0.305 e. The van der Waals surface area contributed by atoms with E-state index >= 15 is 0 Å². The molecule has 0 amide bonds. The smallest absolute Gasteiger partial charge is 0.305 e. The average Bonchev–Trinajstić information content (AvgIpc) is 3.65. The summed E-state index contributed by atoms with van der Waals surface area (Å²) in [6.07, 6.45) is 2.26. The third-order valence-corrected chi connectivity index (χ3v) is 13.2. The number of hydrogen-bond acceptors (Lipinski definition) is 6. The van der Waals surface area contributed by atoms with Crippen LogP contribution in [0.15, 0.2) is 134 Å². The summed E-state index contributed by atoms with van der Waals surface area (Å²) < 4.78 is 28.1. The van der Waals surface area contributed by atoms with Gasteiger partial charge in [0.15, 0.2) is 0 Å². The van der Waals surface area contributed by atoms with Crippen molar-refractivity contribution in [1.29, 1.82) is 0 Å². The summed E-state index contributed by atoms with van der Waals surface area (Å²) in [6, 6.07) is 45.9. The Hall–Kier alpha value is -5.08. The zero-order valence-corrected chi connectivity index (χ0v) is 38.4. The summed E-state index contributed by atoms with van der Waals surface area (Å²) in [4.78, 5) is 24.7. The maximum absolute atomic E-state index is 11.6. The molecule has 3 aromatic heterocycles. The maximum atomic E-state index is 11.6. The number of pyridine rings is 2. The Morgan fingerprint density at radius 3 is 2.22 bits per heavy atom. The largest absolute Gasteiger partial charge is 0.372 e. The van der Waals surface area contributed by atoms with Crippen LogP contribution in [0.5, 0.6) is 0 Å². The van der Waals surface area contributed by atoms with Gasteiger partial charge >= 0.3 is 5.97 Å². The van der Waals surface area contributed by atoms with Crippen molar-refractivity contribution < 1.29 is 39.2 Å². The molecule has 1 N–H and O–H groups in total. The number of carbonyl (C=O) groups excluding carboxylic acids is 1. The fourth-order valence-corrected chi connectivity index (χ4v) is 9.70. The van der Waals surface area contributed by atoms with E-state index in [4.69, 9.17) is 14.4 Å². The van der Waals surface area contributed by atoms with Gasteiger partial charge in [0.25, 0.3) is 0 Å². The molecule has 0 bridgehead atoms. The van der Waals surface area contributed by atoms with Gasteiger partial charge in [0, 0.05) is 41.3 Å². The molecular weight excluding hydrogens is 941 g/mol. The molecule has 8 rings (SSSR count). The van der Waals surface area contributed by atoms with Gasteiger partial charge in [-0.05, 0) is 79.7 Å². The molecule has 0 aliphatic carbocycles. The first-order valence-corrected chi connectivity index (χ1v) is 23.7. The van der Waals surface area contributed by atoms with E-state index in [0.717, 1.165) is 81.3 Å². The van der Waals surface area contributed by atoms with E-state index in [1.165, 1.54) is 0 Å². The Labute approximate surface area is 370 Å². The zero-order valence-electron chi connectivity index (χ0n) is 37.2. The van der Waals surface area contributed by atoms with Crippen LogP contribution in [0.25, 0.3) is 64.9 Å². The molecule has 1 radical (unpaired) electrons.